The lowest BCUT2D eigenvalue weighted by atomic mass is 10.3. The van der Waals surface area contributed by atoms with E-state index in [-0.39, 0.29) is 0 Å². The first-order chi connectivity index (χ1) is 10.2. The first-order valence-corrected chi connectivity index (χ1v) is 8.07. The second kappa shape index (κ2) is 8.32. The fourth-order valence-electron chi connectivity index (χ4n) is 1.53. The molecule has 7 heteroatoms. The standard InChI is InChI=1S/C14H14Cl2N2O2S/c1-2-8-21-14-18-17-13(20-14)4-3-7-19-12-6-5-10(15)9-11(12)16/h2,5-6,9H,1,3-4,7-8H2. The number of aryl methyl sites for hydroxylation is 1. The summed E-state index contributed by atoms with van der Waals surface area (Å²) in [4.78, 5) is 0. The third kappa shape index (κ3) is 5.26. The van der Waals surface area contributed by atoms with Crippen LogP contribution in [0.2, 0.25) is 10.0 Å². The van der Waals surface area contributed by atoms with Gasteiger partial charge in [-0.3, -0.25) is 0 Å². The van der Waals surface area contributed by atoms with Crippen LogP contribution in [0.15, 0.2) is 40.5 Å². The third-order valence-corrected chi connectivity index (χ3v) is 3.80. The van der Waals surface area contributed by atoms with Crippen LogP contribution in [-0.4, -0.2) is 22.6 Å². The molecule has 112 valence electrons. The van der Waals surface area contributed by atoms with Gasteiger partial charge < -0.3 is 9.15 Å². The van der Waals surface area contributed by atoms with Gasteiger partial charge in [0.2, 0.25) is 5.89 Å². The van der Waals surface area contributed by atoms with Gasteiger partial charge in [0.15, 0.2) is 0 Å². The zero-order valence-corrected chi connectivity index (χ0v) is 13.5. The molecule has 0 aliphatic heterocycles. The fraction of sp³-hybridized carbons (Fsp3) is 0.286. The summed E-state index contributed by atoms with van der Waals surface area (Å²) in [5, 5.41) is 9.56. The molecule has 0 saturated heterocycles. The lowest BCUT2D eigenvalue weighted by Gasteiger charge is -2.07. The Balaban J connectivity index is 1.74. The predicted molar refractivity (Wildman–Crippen MR) is 85.5 cm³/mol. The van der Waals surface area contributed by atoms with E-state index in [2.05, 4.69) is 16.8 Å². The summed E-state index contributed by atoms with van der Waals surface area (Å²) >= 11 is 13.3. The number of thioether (sulfide) groups is 1. The molecule has 0 fully saturated rings. The van der Waals surface area contributed by atoms with Gasteiger partial charge >= 0.3 is 0 Å². The van der Waals surface area contributed by atoms with Gasteiger partial charge in [-0.25, -0.2) is 0 Å². The Morgan fingerprint density at radius 3 is 2.95 bits per heavy atom. The molecule has 0 unspecified atom stereocenters. The molecule has 2 rings (SSSR count). The minimum absolute atomic E-state index is 0.503. The van der Waals surface area contributed by atoms with Gasteiger partial charge in [-0.1, -0.05) is 41.0 Å². The van der Waals surface area contributed by atoms with Crippen LogP contribution in [0.25, 0.3) is 0 Å². The Hall–Kier alpha value is -1.17. The van der Waals surface area contributed by atoms with Gasteiger partial charge in [0.05, 0.1) is 11.6 Å². The molecule has 2 aromatic rings. The summed E-state index contributed by atoms with van der Waals surface area (Å²) < 4.78 is 11.1. The second-order valence-corrected chi connectivity index (χ2v) is 5.90. The molecule has 0 saturated carbocycles. The molecule has 0 aliphatic rings. The Morgan fingerprint density at radius 2 is 2.19 bits per heavy atom. The van der Waals surface area contributed by atoms with Crippen LogP contribution in [0.3, 0.4) is 0 Å². The average molecular weight is 345 g/mol. The van der Waals surface area contributed by atoms with Gasteiger partial charge in [0.25, 0.3) is 5.22 Å². The Labute approximate surface area is 137 Å². The molecule has 0 spiro atoms. The maximum Gasteiger partial charge on any atom is 0.276 e. The van der Waals surface area contributed by atoms with Crippen LogP contribution in [0.4, 0.5) is 0 Å². The minimum Gasteiger partial charge on any atom is -0.492 e. The van der Waals surface area contributed by atoms with Crippen molar-refractivity contribution in [3.8, 4) is 5.75 Å². The van der Waals surface area contributed by atoms with Crippen molar-refractivity contribution >= 4 is 35.0 Å². The summed E-state index contributed by atoms with van der Waals surface area (Å²) in [7, 11) is 0. The molecule has 4 nitrogen and oxygen atoms in total. The van der Waals surface area contributed by atoms with Gasteiger partial charge in [-0.05, 0) is 24.6 Å². The molecule has 0 radical (unpaired) electrons. The lowest BCUT2D eigenvalue weighted by Crippen LogP contribution is -2.00. The second-order valence-electron chi connectivity index (χ2n) is 4.09. The molecule has 0 aliphatic carbocycles. The summed E-state index contributed by atoms with van der Waals surface area (Å²) in [6.45, 7) is 4.15. The minimum atomic E-state index is 0.503. The lowest BCUT2D eigenvalue weighted by molar-refractivity contribution is 0.302. The van der Waals surface area contributed by atoms with E-state index >= 15 is 0 Å². The van der Waals surface area contributed by atoms with Crippen LogP contribution in [-0.2, 0) is 6.42 Å². The third-order valence-electron chi connectivity index (χ3n) is 2.46. The topological polar surface area (TPSA) is 48.2 Å². The summed E-state index contributed by atoms with van der Waals surface area (Å²) in [5.74, 6) is 1.97. The zero-order valence-electron chi connectivity index (χ0n) is 11.2. The Morgan fingerprint density at radius 1 is 1.33 bits per heavy atom. The van der Waals surface area contributed by atoms with Gasteiger partial charge in [-0.2, -0.15) is 0 Å². The number of rotatable bonds is 8. The highest BCUT2D eigenvalue weighted by Gasteiger charge is 2.06. The molecule has 1 aromatic carbocycles. The first kappa shape index (κ1) is 16.2. The smallest absolute Gasteiger partial charge is 0.276 e. The largest absolute Gasteiger partial charge is 0.492 e. The van der Waals surface area contributed by atoms with Crippen LogP contribution < -0.4 is 4.74 Å². The number of benzene rings is 1. The number of hydrogen-bond acceptors (Lipinski definition) is 5. The van der Waals surface area contributed by atoms with Crippen molar-refractivity contribution in [1.82, 2.24) is 10.2 Å². The van der Waals surface area contributed by atoms with Crippen LogP contribution >= 0.6 is 35.0 Å². The van der Waals surface area contributed by atoms with E-state index in [4.69, 9.17) is 32.4 Å². The van der Waals surface area contributed by atoms with Crippen molar-refractivity contribution in [2.75, 3.05) is 12.4 Å². The van der Waals surface area contributed by atoms with E-state index in [0.717, 1.165) is 12.2 Å². The Kier molecular flexibility index (Phi) is 6.42. The van der Waals surface area contributed by atoms with E-state index in [1.807, 2.05) is 0 Å². The molecule has 0 atom stereocenters. The molecule has 0 amide bonds. The normalized spacial score (nSPS) is 10.6. The van der Waals surface area contributed by atoms with E-state index in [1.54, 1.807) is 24.3 Å². The molecule has 0 N–H and O–H groups in total. The molecule has 21 heavy (non-hydrogen) atoms. The summed E-state index contributed by atoms with van der Waals surface area (Å²) in [6, 6.07) is 5.14. The highest BCUT2D eigenvalue weighted by Crippen LogP contribution is 2.27. The van der Waals surface area contributed by atoms with Crippen molar-refractivity contribution < 1.29 is 9.15 Å². The van der Waals surface area contributed by atoms with E-state index in [9.17, 15) is 0 Å². The number of ether oxygens (including phenoxy) is 1. The van der Waals surface area contributed by atoms with Gasteiger partial charge in [-0.15, -0.1) is 16.8 Å². The number of hydrogen-bond donors (Lipinski definition) is 0. The molecule has 1 aromatic heterocycles. The van der Waals surface area contributed by atoms with E-state index in [1.165, 1.54) is 11.8 Å². The highest BCUT2D eigenvalue weighted by atomic mass is 35.5. The molecular formula is C14H14Cl2N2O2S. The maximum absolute atomic E-state index is 6.02. The van der Waals surface area contributed by atoms with Crippen molar-refractivity contribution in [2.24, 2.45) is 0 Å². The van der Waals surface area contributed by atoms with Crippen molar-refractivity contribution in [2.45, 2.75) is 18.1 Å². The van der Waals surface area contributed by atoms with Gasteiger partial charge in [0.1, 0.15) is 5.75 Å². The first-order valence-electron chi connectivity index (χ1n) is 6.33. The van der Waals surface area contributed by atoms with Crippen molar-refractivity contribution in [3.63, 3.8) is 0 Å². The maximum atomic E-state index is 6.02. The van der Waals surface area contributed by atoms with E-state index in [0.29, 0.717) is 39.9 Å². The molecule has 1 heterocycles. The predicted octanol–water partition coefficient (Wildman–Crippen LogP) is 4.67. The average Bonchev–Trinajstić information content (AvgIpc) is 2.91. The summed E-state index contributed by atoms with van der Waals surface area (Å²) in [5.41, 5.74) is 0. The van der Waals surface area contributed by atoms with Gasteiger partial charge in [0, 0.05) is 17.2 Å². The number of nitrogens with zero attached hydrogens (tertiary/aromatic N) is 2. The van der Waals surface area contributed by atoms with Crippen LogP contribution in [0.1, 0.15) is 12.3 Å². The Bertz CT molecular complexity index is 604. The summed E-state index contributed by atoms with van der Waals surface area (Å²) in [6.07, 6.45) is 3.21. The van der Waals surface area contributed by atoms with Crippen molar-refractivity contribution in [3.05, 3.63) is 46.8 Å². The monoisotopic (exact) mass is 344 g/mol. The van der Waals surface area contributed by atoms with E-state index < -0.39 is 0 Å². The highest BCUT2D eigenvalue weighted by molar-refractivity contribution is 7.99. The molecule has 0 bridgehead atoms. The van der Waals surface area contributed by atoms with Crippen molar-refractivity contribution in [1.29, 1.82) is 0 Å². The zero-order chi connectivity index (χ0) is 15.1. The number of halogens is 2. The van der Waals surface area contributed by atoms with Crippen LogP contribution in [0.5, 0.6) is 5.75 Å². The fourth-order valence-corrected chi connectivity index (χ4v) is 2.50. The SMILES string of the molecule is C=CCSc1nnc(CCCOc2ccc(Cl)cc2Cl)o1. The number of aromatic nitrogens is 2. The quantitative estimate of drug-likeness (QED) is 0.395. The van der Waals surface area contributed by atoms with Crippen LogP contribution in [0, 0.1) is 0 Å². The molecular weight excluding hydrogens is 331 g/mol.